The first-order chi connectivity index (χ1) is 9.55. The van der Waals surface area contributed by atoms with Gasteiger partial charge in [0.2, 0.25) is 0 Å². The molecule has 2 aliphatic heterocycles. The molecule has 2 rings (SSSR count). The first-order valence-corrected chi connectivity index (χ1v) is 7.45. The number of hydrogen-bond acceptors (Lipinski definition) is 3. The second-order valence-corrected chi connectivity index (χ2v) is 5.82. The topological polar surface area (TPSA) is 78.9 Å². The summed E-state index contributed by atoms with van der Waals surface area (Å²) in [6.45, 7) is 3.49. The third-order valence-corrected chi connectivity index (χ3v) is 4.42. The fraction of sp³-hybridized carbons (Fsp3) is 0.857. The molecule has 0 aromatic rings. The number of ether oxygens (including phenoxy) is 1. The average molecular weight is 284 g/mol. The Morgan fingerprint density at radius 1 is 1.25 bits per heavy atom. The summed E-state index contributed by atoms with van der Waals surface area (Å²) in [4.78, 5) is 25.8. The van der Waals surface area contributed by atoms with E-state index in [9.17, 15) is 14.7 Å². The number of aliphatic carboxylic acids is 1. The van der Waals surface area contributed by atoms with E-state index in [1.165, 1.54) is 0 Å². The Hall–Kier alpha value is -1.30. The predicted molar refractivity (Wildman–Crippen MR) is 73.6 cm³/mol. The Balaban J connectivity index is 2.05. The van der Waals surface area contributed by atoms with Crippen LogP contribution < -0.4 is 5.32 Å². The number of rotatable bonds is 2. The highest BCUT2D eigenvalue weighted by Gasteiger charge is 2.42. The Kier molecular flexibility index (Phi) is 4.86. The number of amides is 2. The van der Waals surface area contributed by atoms with Crippen molar-refractivity contribution in [2.75, 3.05) is 19.8 Å². The number of carbonyl (C=O) groups excluding carboxylic acids is 1. The minimum Gasteiger partial charge on any atom is -0.480 e. The van der Waals surface area contributed by atoms with Crippen LogP contribution in [0.3, 0.4) is 0 Å². The van der Waals surface area contributed by atoms with Crippen molar-refractivity contribution in [1.29, 1.82) is 0 Å². The smallest absolute Gasteiger partial charge is 0.329 e. The number of nitrogens with zero attached hydrogens (tertiary/aromatic N) is 1. The summed E-state index contributed by atoms with van der Waals surface area (Å²) in [5.74, 6) is -0.961. The van der Waals surface area contributed by atoms with E-state index in [0.29, 0.717) is 32.6 Å². The summed E-state index contributed by atoms with van der Waals surface area (Å²) < 4.78 is 5.21. The summed E-state index contributed by atoms with van der Waals surface area (Å²) in [5, 5.41) is 12.2. The van der Waals surface area contributed by atoms with Crippen LogP contribution in [0.15, 0.2) is 0 Å². The average Bonchev–Trinajstić information content (AvgIpc) is 2.64. The number of urea groups is 1. The molecule has 0 radical (unpaired) electrons. The summed E-state index contributed by atoms with van der Waals surface area (Å²) in [7, 11) is 0. The lowest BCUT2D eigenvalue weighted by atomic mass is 9.90. The summed E-state index contributed by atoms with van der Waals surface area (Å²) in [6.07, 6.45) is 4.89. The largest absolute Gasteiger partial charge is 0.480 e. The molecule has 0 spiro atoms. The molecule has 6 nitrogen and oxygen atoms in total. The number of carboxylic acids is 1. The fourth-order valence-corrected chi connectivity index (χ4v) is 2.97. The predicted octanol–water partition coefficient (Wildman–Crippen LogP) is 1.59. The van der Waals surface area contributed by atoms with E-state index in [1.807, 2.05) is 6.92 Å². The van der Waals surface area contributed by atoms with Crippen LogP contribution in [0.4, 0.5) is 4.79 Å². The van der Waals surface area contributed by atoms with Crippen molar-refractivity contribution in [3.8, 4) is 0 Å². The van der Waals surface area contributed by atoms with Gasteiger partial charge in [-0.1, -0.05) is 12.8 Å². The Morgan fingerprint density at radius 3 is 2.60 bits per heavy atom. The van der Waals surface area contributed by atoms with Crippen LogP contribution in [0.25, 0.3) is 0 Å². The SMILES string of the molecule is CC1CCCCCN1C(=O)NC1(C(=O)O)CCOCC1. The van der Waals surface area contributed by atoms with Gasteiger partial charge < -0.3 is 20.1 Å². The molecule has 2 N–H and O–H groups in total. The number of hydrogen-bond donors (Lipinski definition) is 2. The quantitative estimate of drug-likeness (QED) is 0.807. The molecule has 114 valence electrons. The Labute approximate surface area is 119 Å². The molecular formula is C14H24N2O4. The standard InChI is InChI=1S/C14H24N2O4/c1-11-5-3-2-4-8-16(11)13(19)15-14(12(17)18)6-9-20-10-7-14/h11H,2-10H2,1H3,(H,15,19)(H,17,18). The molecule has 0 aromatic heterocycles. The van der Waals surface area contributed by atoms with E-state index < -0.39 is 11.5 Å². The van der Waals surface area contributed by atoms with Gasteiger partial charge in [-0.3, -0.25) is 0 Å². The second kappa shape index (κ2) is 6.43. The molecule has 2 aliphatic rings. The van der Waals surface area contributed by atoms with Gasteiger partial charge in [-0.25, -0.2) is 9.59 Å². The molecule has 0 aromatic carbocycles. The Bertz CT molecular complexity index is 366. The zero-order valence-corrected chi connectivity index (χ0v) is 12.1. The lowest BCUT2D eigenvalue weighted by Crippen LogP contribution is -2.61. The van der Waals surface area contributed by atoms with Crippen molar-refractivity contribution in [3.63, 3.8) is 0 Å². The lowest BCUT2D eigenvalue weighted by molar-refractivity contribution is -0.148. The van der Waals surface area contributed by atoms with Crippen LogP contribution in [0.1, 0.15) is 45.4 Å². The van der Waals surface area contributed by atoms with Gasteiger partial charge in [0.15, 0.2) is 0 Å². The van der Waals surface area contributed by atoms with Gasteiger partial charge in [0.1, 0.15) is 5.54 Å². The van der Waals surface area contributed by atoms with Gasteiger partial charge in [-0.2, -0.15) is 0 Å². The molecule has 2 amide bonds. The van der Waals surface area contributed by atoms with Crippen LogP contribution in [0.5, 0.6) is 0 Å². The first-order valence-electron chi connectivity index (χ1n) is 7.45. The van der Waals surface area contributed by atoms with Crippen LogP contribution in [-0.4, -0.2) is 53.3 Å². The lowest BCUT2D eigenvalue weighted by Gasteiger charge is -2.37. The summed E-state index contributed by atoms with van der Waals surface area (Å²) in [6, 6.07) is -0.0770. The van der Waals surface area contributed by atoms with Gasteiger partial charge in [-0.15, -0.1) is 0 Å². The van der Waals surface area contributed by atoms with E-state index in [1.54, 1.807) is 4.90 Å². The van der Waals surface area contributed by atoms with Crippen LogP contribution >= 0.6 is 0 Å². The van der Waals surface area contributed by atoms with E-state index in [-0.39, 0.29) is 12.1 Å². The molecule has 2 saturated heterocycles. The van der Waals surface area contributed by atoms with E-state index in [2.05, 4.69) is 5.32 Å². The normalized spacial score (nSPS) is 26.6. The molecule has 20 heavy (non-hydrogen) atoms. The molecule has 0 aliphatic carbocycles. The van der Waals surface area contributed by atoms with E-state index >= 15 is 0 Å². The molecular weight excluding hydrogens is 260 g/mol. The van der Waals surface area contributed by atoms with Crippen molar-refractivity contribution < 1.29 is 19.4 Å². The number of carboxylic acid groups (broad SMARTS) is 1. The van der Waals surface area contributed by atoms with Crippen molar-refractivity contribution in [1.82, 2.24) is 10.2 Å². The molecule has 2 heterocycles. The highest BCUT2D eigenvalue weighted by molar-refractivity contribution is 5.86. The first kappa shape index (κ1) is 15.1. The summed E-state index contributed by atoms with van der Waals surface area (Å²) >= 11 is 0. The van der Waals surface area contributed by atoms with Crippen LogP contribution in [0.2, 0.25) is 0 Å². The minimum absolute atomic E-state index is 0.170. The zero-order valence-electron chi connectivity index (χ0n) is 12.1. The van der Waals surface area contributed by atoms with Crippen LogP contribution in [-0.2, 0) is 9.53 Å². The van der Waals surface area contributed by atoms with Gasteiger partial charge in [0.05, 0.1) is 0 Å². The third-order valence-electron chi connectivity index (χ3n) is 4.42. The molecule has 1 unspecified atom stereocenters. The minimum atomic E-state index is -1.17. The van der Waals surface area contributed by atoms with Crippen molar-refractivity contribution >= 4 is 12.0 Å². The van der Waals surface area contributed by atoms with Crippen LogP contribution in [0, 0.1) is 0 Å². The third kappa shape index (κ3) is 3.23. The number of likely N-dealkylation sites (tertiary alicyclic amines) is 1. The zero-order chi connectivity index (χ0) is 14.6. The second-order valence-electron chi connectivity index (χ2n) is 5.82. The summed E-state index contributed by atoms with van der Waals surface area (Å²) in [5.41, 5.74) is -1.17. The van der Waals surface area contributed by atoms with Gasteiger partial charge >= 0.3 is 12.0 Å². The highest BCUT2D eigenvalue weighted by Crippen LogP contribution is 2.23. The monoisotopic (exact) mass is 284 g/mol. The van der Waals surface area contributed by atoms with Crippen molar-refractivity contribution in [2.24, 2.45) is 0 Å². The van der Waals surface area contributed by atoms with E-state index in [0.717, 1.165) is 25.7 Å². The van der Waals surface area contributed by atoms with Gasteiger partial charge in [0, 0.05) is 38.6 Å². The molecule has 0 bridgehead atoms. The highest BCUT2D eigenvalue weighted by atomic mass is 16.5. The maximum absolute atomic E-state index is 12.4. The number of carbonyl (C=O) groups is 2. The molecule has 1 atom stereocenters. The molecule has 2 fully saturated rings. The fourth-order valence-electron chi connectivity index (χ4n) is 2.97. The van der Waals surface area contributed by atoms with Gasteiger partial charge in [-0.05, 0) is 19.8 Å². The van der Waals surface area contributed by atoms with Gasteiger partial charge in [0.25, 0.3) is 0 Å². The molecule has 0 saturated carbocycles. The maximum Gasteiger partial charge on any atom is 0.329 e. The van der Waals surface area contributed by atoms with E-state index in [4.69, 9.17) is 4.74 Å². The Morgan fingerprint density at radius 2 is 1.95 bits per heavy atom. The van der Waals surface area contributed by atoms with Crippen molar-refractivity contribution in [3.05, 3.63) is 0 Å². The van der Waals surface area contributed by atoms with Crippen molar-refractivity contribution in [2.45, 2.75) is 57.0 Å². The number of nitrogens with one attached hydrogen (secondary N) is 1. The molecule has 6 heteroatoms. The maximum atomic E-state index is 12.4.